The molecule has 1 atom stereocenters. The number of rotatable bonds is 1. The Morgan fingerprint density at radius 1 is 1.35 bits per heavy atom. The van der Waals surface area contributed by atoms with Crippen LogP contribution >= 0.6 is 0 Å². The number of para-hydroxylation sites is 1. The number of nitrogens with zero attached hydrogens (tertiary/aromatic N) is 1. The highest BCUT2D eigenvalue weighted by Gasteiger charge is 2.28. The third-order valence-electron chi connectivity index (χ3n) is 3.44. The fraction of sp³-hybridized carbons (Fsp3) is 0.286. The van der Waals surface area contributed by atoms with Crippen LogP contribution in [0.4, 0.5) is 0 Å². The van der Waals surface area contributed by atoms with E-state index in [2.05, 4.69) is 11.1 Å². The van der Waals surface area contributed by atoms with Crippen LogP contribution in [0.5, 0.6) is 0 Å². The number of aromatic nitrogens is 1. The minimum Gasteiger partial charge on any atom is -0.352 e. The summed E-state index contributed by atoms with van der Waals surface area (Å²) in [6.07, 6.45) is 1.79. The van der Waals surface area contributed by atoms with E-state index in [4.69, 9.17) is 5.26 Å². The van der Waals surface area contributed by atoms with Crippen molar-refractivity contribution in [2.24, 2.45) is 5.92 Å². The van der Waals surface area contributed by atoms with E-state index in [-0.39, 0.29) is 11.7 Å². The van der Waals surface area contributed by atoms with Crippen LogP contribution in [0.1, 0.15) is 28.9 Å². The molecule has 1 aliphatic carbocycles. The molecule has 1 heterocycles. The van der Waals surface area contributed by atoms with Crippen molar-refractivity contribution in [2.75, 3.05) is 0 Å². The number of hydrogen-bond acceptors (Lipinski definition) is 2. The number of aromatic amines is 1. The summed E-state index contributed by atoms with van der Waals surface area (Å²) in [5.41, 5.74) is 2.86. The molecule has 0 bridgehead atoms. The van der Waals surface area contributed by atoms with Gasteiger partial charge in [0.25, 0.3) is 0 Å². The van der Waals surface area contributed by atoms with E-state index in [9.17, 15) is 4.79 Å². The van der Waals surface area contributed by atoms with Crippen LogP contribution in [0, 0.1) is 17.2 Å². The number of nitriles is 1. The van der Waals surface area contributed by atoms with Crippen LogP contribution < -0.4 is 0 Å². The molecule has 1 aliphatic rings. The lowest BCUT2D eigenvalue weighted by Gasteiger charge is -2.18. The van der Waals surface area contributed by atoms with Gasteiger partial charge >= 0.3 is 0 Å². The first-order valence-electron chi connectivity index (χ1n) is 5.79. The molecular weight excluding hydrogens is 212 g/mol. The summed E-state index contributed by atoms with van der Waals surface area (Å²) in [4.78, 5) is 15.2. The van der Waals surface area contributed by atoms with E-state index in [0.29, 0.717) is 12.8 Å². The lowest BCUT2D eigenvalue weighted by molar-refractivity contribution is 0.0946. The zero-order chi connectivity index (χ0) is 11.8. The zero-order valence-corrected chi connectivity index (χ0v) is 9.36. The molecule has 3 nitrogen and oxygen atoms in total. The van der Waals surface area contributed by atoms with Gasteiger partial charge in [0, 0.05) is 23.7 Å². The highest BCUT2D eigenvalue weighted by molar-refractivity contribution is 6.03. The Kier molecular flexibility index (Phi) is 2.22. The van der Waals surface area contributed by atoms with Gasteiger partial charge in [-0.25, -0.2) is 0 Å². The smallest absolute Gasteiger partial charge is 0.179 e. The number of hydrogen-bond donors (Lipinski definition) is 1. The number of Topliss-reactive ketones (excluding diaryl/α,β-unsaturated/α-hetero) is 1. The maximum absolute atomic E-state index is 12.0. The molecule has 0 fully saturated rings. The van der Waals surface area contributed by atoms with Crippen molar-refractivity contribution in [3.05, 3.63) is 35.5 Å². The predicted octanol–water partition coefficient (Wildman–Crippen LogP) is 2.83. The fourth-order valence-electron chi connectivity index (χ4n) is 2.65. The molecule has 0 radical (unpaired) electrons. The minimum atomic E-state index is 0.141. The van der Waals surface area contributed by atoms with Crippen molar-refractivity contribution in [1.29, 1.82) is 5.26 Å². The topological polar surface area (TPSA) is 56.6 Å². The van der Waals surface area contributed by atoms with Gasteiger partial charge in [-0.05, 0) is 24.0 Å². The maximum atomic E-state index is 12.0. The largest absolute Gasteiger partial charge is 0.352 e. The number of carbonyl (C=O) groups is 1. The second kappa shape index (κ2) is 3.74. The number of ketones is 1. The van der Waals surface area contributed by atoms with Crippen molar-refractivity contribution >= 4 is 16.7 Å². The Labute approximate surface area is 99.1 Å². The molecule has 3 heteroatoms. The number of H-pyrrole nitrogens is 1. The van der Waals surface area contributed by atoms with Crippen molar-refractivity contribution < 1.29 is 4.79 Å². The Hall–Kier alpha value is -2.08. The number of nitrogens with one attached hydrogen (secondary N) is 1. The van der Waals surface area contributed by atoms with Gasteiger partial charge in [-0.15, -0.1) is 0 Å². The van der Waals surface area contributed by atoms with Crippen LogP contribution in [0.25, 0.3) is 10.9 Å². The van der Waals surface area contributed by atoms with Crippen LogP contribution in [-0.4, -0.2) is 10.8 Å². The standard InChI is InChI=1S/C14H12N2O/c15-6-5-9-7-11-10-3-1-2-4-12(10)16-14(11)13(17)8-9/h1-4,9,16H,5,7-8H2. The van der Waals surface area contributed by atoms with Gasteiger partial charge in [0.1, 0.15) is 0 Å². The lowest BCUT2D eigenvalue weighted by Crippen LogP contribution is -2.19. The summed E-state index contributed by atoms with van der Waals surface area (Å²) < 4.78 is 0. The molecule has 0 amide bonds. The average Bonchev–Trinajstić information content (AvgIpc) is 2.69. The molecule has 3 rings (SSSR count). The van der Waals surface area contributed by atoms with E-state index >= 15 is 0 Å². The molecule has 1 aromatic heterocycles. The molecule has 2 aromatic rings. The molecule has 17 heavy (non-hydrogen) atoms. The van der Waals surface area contributed by atoms with Gasteiger partial charge in [0.05, 0.1) is 11.8 Å². The Morgan fingerprint density at radius 2 is 2.18 bits per heavy atom. The van der Waals surface area contributed by atoms with Gasteiger partial charge in [0.15, 0.2) is 5.78 Å². The average molecular weight is 224 g/mol. The van der Waals surface area contributed by atoms with Gasteiger partial charge in [-0.2, -0.15) is 5.26 Å². The third kappa shape index (κ3) is 1.53. The lowest BCUT2D eigenvalue weighted by atomic mass is 9.84. The molecule has 1 aromatic carbocycles. The van der Waals surface area contributed by atoms with Crippen LogP contribution in [0.3, 0.4) is 0 Å². The molecule has 0 spiro atoms. The Balaban J connectivity index is 2.14. The first-order valence-corrected chi connectivity index (χ1v) is 5.79. The molecule has 0 aliphatic heterocycles. The Bertz CT molecular complexity index is 633. The summed E-state index contributed by atoms with van der Waals surface area (Å²) in [7, 11) is 0. The summed E-state index contributed by atoms with van der Waals surface area (Å²) in [6, 6.07) is 10.1. The summed E-state index contributed by atoms with van der Waals surface area (Å²) in [5, 5.41) is 9.87. The number of fused-ring (bicyclic) bond motifs is 3. The van der Waals surface area contributed by atoms with E-state index in [1.54, 1.807) is 0 Å². The van der Waals surface area contributed by atoms with Gasteiger partial charge in [0.2, 0.25) is 0 Å². The first kappa shape index (κ1) is 10.1. The second-order valence-corrected chi connectivity index (χ2v) is 4.58. The monoisotopic (exact) mass is 224 g/mol. The number of benzene rings is 1. The molecule has 0 saturated heterocycles. The van der Waals surface area contributed by atoms with Gasteiger partial charge in [-0.3, -0.25) is 4.79 Å². The number of carbonyl (C=O) groups excluding carboxylic acids is 1. The second-order valence-electron chi connectivity index (χ2n) is 4.58. The summed E-state index contributed by atoms with van der Waals surface area (Å²) >= 11 is 0. The fourth-order valence-corrected chi connectivity index (χ4v) is 2.65. The van der Waals surface area contributed by atoms with Crippen LogP contribution in [0.15, 0.2) is 24.3 Å². The summed E-state index contributed by atoms with van der Waals surface area (Å²) in [5.74, 6) is 0.321. The molecule has 1 unspecified atom stereocenters. The quantitative estimate of drug-likeness (QED) is 0.809. The SMILES string of the molecule is N#CCC1CC(=O)c2[nH]c3ccccc3c2C1. The highest BCUT2D eigenvalue weighted by Crippen LogP contribution is 2.32. The van der Waals surface area contributed by atoms with Crippen molar-refractivity contribution in [3.8, 4) is 6.07 Å². The van der Waals surface area contributed by atoms with Crippen molar-refractivity contribution in [2.45, 2.75) is 19.3 Å². The van der Waals surface area contributed by atoms with E-state index in [1.165, 1.54) is 0 Å². The van der Waals surface area contributed by atoms with E-state index < -0.39 is 0 Å². The van der Waals surface area contributed by atoms with E-state index in [1.807, 2.05) is 24.3 Å². The van der Waals surface area contributed by atoms with Crippen LogP contribution in [0.2, 0.25) is 0 Å². The van der Waals surface area contributed by atoms with Gasteiger partial charge < -0.3 is 4.98 Å². The van der Waals surface area contributed by atoms with Crippen molar-refractivity contribution in [3.63, 3.8) is 0 Å². The predicted molar refractivity (Wildman–Crippen MR) is 64.7 cm³/mol. The third-order valence-corrected chi connectivity index (χ3v) is 3.44. The normalized spacial score (nSPS) is 19.0. The summed E-state index contributed by atoms with van der Waals surface area (Å²) in [6.45, 7) is 0. The van der Waals surface area contributed by atoms with Gasteiger partial charge in [-0.1, -0.05) is 18.2 Å². The maximum Gasteiger partial charge on any atom is 0.179 e. The zero-order valence-electron chi connectivity index (χ0n) is 9.36. The minimum absolute atomic E-state index is 0.141. The first-order chi connectivity index (χ1) is 8.29. The highest BCUT2D eigenvalue weighted by atomic mass is 16.1. The molecule has 84 valence electrons. The van der Waals surface area contributed by atoms with E-state index in [0.717, 1.165) is 28.6 Å². The van der Waals surface area contributed by atoms with Crippen molar-refractivity contribution in [1.82, 2.24) is 4.98 Å². The Morgan fingerprint density at radius 3 is 3.00 bits per heavy atom. The molecular formula is C14H12N2O. The molecule has 1 N–H and O–H groups in total. The van der Waals surface area contributed by atoms with Crippen LogP contribution in [-0.2, 0) is 6.42 Å². The molecule has 0 saturated carbocycles.